The van der Waals surface area contributed by atoms with Crippen LogP contribution >= 0.6 is 11.5 Å². The van der Waals surface area contributed by atoms with E-state index in [0.717, 1.165) is 10.7 Å². The van der Waals surface area contributed by atoms with Crippen LogP contribution in [0.1, 0.15) is 12.6 Å². The molecule has 0 saturated carbocycles. The third kappa shape index (κ3) is 3.18. The Morgan fingerprint density at radius 2 is 2.43 bits per heavy atom. The number of anilines is 1. The monoisotopic (exact) mass is 217 g/mol. The number of hydrogen-bond donors (Lipinski definition) is 3. The summed E-state index contributed by atoms with van der Waals surface area (Å²) in [5.74, 6) is 5.28. The Bertz CT molecular complexity index is 277. The minimum atomic E-state index is -0.346. The normalized spacial score (nSPS) is 13.2. The van der Waals surface area contributed by atoms with E-state index in [1.807, 2.05) is 11.9 Å². The maximum Gasteiger partial charge on any atom is 0.148 e. The van der Waals surface area contributed by atoms with Crippen LogP contribution in [0.3, 0.4) is 0 Å². The summed E-state index contributed by atoms with van der Waals surface area (Å²) in [6.07, 6.45) is -0.346. The lowest BCUT2D eigenvalue weighted by Gasteiger charge is -2.16. The molecule has 0 spiro atoms. The number of aromatic nitrogens is 2. The summed E-state index contributed by atoms with van der Waals surface area (Å²) in [6, 6.07) is 0. The first-order valence-corrected chi connectivity index (χ1v) is 5.05. The molecule has 0 amide bonds. The molecule has 0 radical (unpaired) electrons. The minimum Gasteiger partial charge on any atom is -0.392 e. The van der Waals surface area contributed by atoms with Gasteiger partial charge >= 0.3 is 0 Å². The Balaban J connectivity index is 2.51. The molecule has 4 N–H and O–H groups in total. The average molecular weight is 217 g/mol. The Labute approximate surface area is 86.9 Å². The molecule has 1 heterocycles. The van der Waals surface area contributed by atoms with Gasteiger partial charge in [-0.3, -0.25) is 4.90 Å². The van der Waals surface area contributed by atoms with Gasteiger partial charge in [-0.1, -0.05) is 4.49 Å². The molecular formula is C7H15N5OS. The van der Waals surface area contributed by atoms with E-state index < -0.39 is 0 Å². The first-order chi connectivity index (χ1) is 6.63. The van der Waals surface area contributed by atoms with E-state index in [1.54, 1.807) is 6.92 Å². The number of hydrogen-bond acceptors (Lipinski definition) is 7. The highest BCUT2D eigenvalue weighted by Crippen LogP contribution is 2.17. The Kier molecular flexibility index (Phi) is 4.21. The van der Waals surface area contributed by atoms with Crippen molar-refractivity contribution >= 4 is 16.5 Å². The Hall–Kier alpha value is -0.760. The summed E-state index contributed by atoms with van der Waals surface area (Å²) in [5.41, 5.74) is 3.34. The maximum atomic E-state index is 9.16. The van der Waals surface area contributed by atoms with Crippen molar-refractivity contribution in [3.63, 3.8) is 0 Å². The molecule has 1 unspecified atom stereocenters. The summed E-state index contributed by atoms with van der Waals surface area (Å²) in [5, 5.41) is 13.9. The topological polar surface area (TPSA) is 87.3 Å². The molecule has 0 saturated heterocycles. The van der Waals surface area contributed by atoms with E-state index in [9.17, 15) is 0 Å². The van der Waals surface area contributed by atoms with Crippen molar-refractivity contribution in [2.75, 3.05) is 19.0 Å². The van der Waals surface area contributed by atoms with Gasteiger partial charge in [0.1, 0.15) is 10.7 Å². The van der Waals surface area contributed by atoms with E-state index >= 15 is 0 Å². The van der Waals surface area contributed by atoms with Crippen molar-refractivity contribution in [1.29, 1.82) is 0 Å². The van der Waals surface area contributed by atoms with E-state index in [2.05, 4.69) is 15.0 Å². The summed E-state index contributed by atoms with van der Waals surface area (Å²) in [4.78, 5) is 1.96. The Morgan fingerprint density at radius 1 is 1.71 bits per heavy atom. The fraction of sp³-hybridized carbons (Fsp3) is 0.714. The second-order valence-corrected chi connectivity index (χ2v) is 3.99. The summed E-state index contributed by atoms with van der Waals surface area (Å²) in [6.45, 7) is 2.97. The lowest BCUT2D eigenvalue weighted by Crippen LogP contribution is -2.27. The highest BCUT2D eigenvalue weighted by atomic mass is 32.1. The predicted octanol–water partition coefficient (Wildman–Crippen LogP) is -0.364. The molecule has 0 aliphatic rings. The number of aliphatic hydroxyl groups excluding tert-OH is 1. The molecule has 14 heavy (non-hydrogen) atoms. The number of nitrogen functional groups attached to an aromatic ring is 1. The van der Waals surface area contributed by atoms with Crippen molar-refractivity contribution in [3.05, 3.63) is 5.69 Å². The maximum absolute atomic E-state index is 9.16. The van der Waals surface area contributed by atoms with Crippen LogP contribution in [0, 0.1) is 0 Å². The van der Waals surface area contributed by atoms with Crippen LogP contribution in [-0.2, 0) is 6.54 Å². The largest absolute Gasteiger partial charge is 0.392 e. The van der Waals surface area contributed by atoms with Gasteiger partial charge in [-0.05, 0) is 14.0 Å². The number of aliphatic hydroxyl groups is 1. The molecule has 1 aromatic heterocycles. The van der Waals surface area contributed by atoms with Gasteiger partial charge in [0.15, 0.2) is 0 Å². The molecule has 1 rings (SSSR count). The van der Waals surface area contributed by atoms with E-state index in [0.29, 0.717) is 13.1 Å². The van der Waals surface area contributed by atoms with Crippen LogP contribution < -0.4 is 11.3 Å². The summed E-state index contributed by atoms with van der Waals surface area (Å²) in [7, 11) is 1.91. The zero-order chi connectivity index (χ0) is 10.6. The molecule has 0 aliphatic carbocycles. The second kappa shape index (κ2) is 5.20. The first-order valence-electron chi connectivity index (χ1n) is 4.28. The number of nitrogens with one attached hydrogen (secondary N) is 1. The minimum absolute atomic E-state index is 0.346. The van der Waals surface area contributed by atoms with Crippen molar-refractivity contribution in [2.24, 2.45) is 5.84 Å². The van der Waals surface area contributed by atoms with Gasteiger partial charge in [0.2, 0.25) is 0 Å². The molecule has 0 fully saturated rings. The van der Waals surface area contributed by atoms with E-state index in [1.165, 1.54) is 11.5 Å². The molecule has 0 aliphatic heterocycles. The lowest BCUT2D eigenvalue weighted by atomic mass is 10.3. The third-order valence-corrected chi connectivity index (χ3v) is 2.38. The molecule has 80 valence electrons. The average Bonchev–Trinajstić information content (AvgIpc) is 2.50. The number of likely N-dealkylation sites (N-methyl/N-ethyl adjacent to an activating group) is 1. The fourth-order valence-corrected chi connectivity index (χ4v) is 1.68. The van der Waals surface area contributed by atoms with Crippen LogP contribution in [0.5, 0.6) is 0 Å². The van der Waals surface area contributed by atoms with Gasteiger partial charge < -0.3 is 10.5 Å². The molecule has 0 bridgehead atoms. The fourth-order valence-electron chi connectivity index (χ4n) is 1.19. The smallest absolute Gasteiger partial charge is 0.148 e. The molecule has 0 aromatic carbocycles. The Morgan fingerprint density at radius 3 is 3.00 bits per heavy atom. The standard InChI is InChI=1S/C7H15N5OS/c1-5(13)3-12(2)4-6-7(9-8)14-11-10-6/h5,9,13H,3-4,8H2,1-2H3. The zero-order valence-corrected chi connectivity index (χ0v) is 9.08. The molecule has 1 aromatic rings. The van der Waals surface area contributed by atoms with Crippen LogP contribution in [-0.4, -0.2) is 39.3 Å². The number of rotatable bonds is 5. The number of nitrogens with two attached hydrogens (primary N) is 1. The van der Waals surface area contributed by atoms with E-state index in [4.69, 9.17) is 10.9 Å². The second-order valence-electron chi connectivity index (χ2n) is 3.24. The number of nitrogens with zero attached hydrogens (tertiary/aromatic N) is 3. The highest BCUT2D eigenvalue weighted by molar-refractivity contribution is 7.10. The van der Waals surface area contributed by atoms with Crippen LogP contribution in [0.15, 0.2) is 0 Å². The molecule has 6 nitrogen and oxygen atoms in total. The van der Waals surface area contributed by atoms with Crippen molar-refractivity contribution in [2.45, 2.75) is 19.6 Å². The van der Waals surface area contributed by atoms with Crippen molar-refractivity contribution in [3.8, 4) is 0 Å². The van der Waals surface area contributed by atoms with Crippen molar-refractivity contribution in [1.82, 2.24) is 14.5 Å². The van der Waals surface area contributed by atoms with Gasteiger partial charge in [0, 0.05) is 24.6 Å². The summed E-state index contributed by atoms with van der Waals surface area (Å²) >= 11 is 1.22. The quantitative estimate of drug-likeness (QED) is 0.461. The van der Waals surface area contributed by atoms with Gasteiger partial charge in [-0.2, -0.15) is 0 Å². The van der Waals surface area contributed by atoms with Crippen LogP contribution in [0.25, 0.3) is 0 Å². The first kappa shape index (κ1) is 11.3. The van der Waals surface area contributed by atoms with Crippen molar-refractivity contribution < 1.29 is 5.11 Å². The predicted molar refractivity (Wildman–Crippen MR) is 55.7 cm³/mol. The lowest BCUT2D eigenvalue weighted by molar-refractivity contribution is 0.138. The van der Waals surface area contributed by atoms with Gasteiger partial charge in [0.25, 0.3) is 0 Å². The highest BCUT2D eigenvalue weighted by Gasteiger charge is 2.10. The molecular weight excluding hydrogens is 202 g/mol. The molecule has 7 heteroatoms. The number of hydrazine groups is 1. The molecule has 1 atom stereocenters. The SMILES string of the molecule is CC(O)CN(C)Cc1nnsc1NN. The van der Waals surface area contributed by atoms with Gasteiger partial charge in [-0.25, -0.2) is 5.84 Å². The van der Waals surface area contributed by atoms with Crippen LogP contribution in [0.2, 0.25) is 0 Å². The third-order valence-electron chi connectivity index (χ3n) is 1.68. The summed E-state index contributed by atoms with van der Waals surface area (Å²) < 4.78 is 3.79. The van der Waals surface area contributed by atoms with E-state index in [-0.39, 0.29) is 6.10 Å². The van der Waals surface area contributed by atoms with Gasteiger partial charge in [-0.15, -0.1) is 5.10 Å². The van der Waals surface area contributed by atoms with Gasteiger partial charge in [0.05, 0.1) is 6.10 Å². The van der Waals surface area contributed by atoms with Crippen LogP contribution in [0.4, 0.5) is 5.00 Å². The zero-order valence-electron chi connectivity index (χ0n) is 8.27.